The normalized spacial score (nSPS) is 11.2. The molecule has 1 aromatic heterocycles. The van der Waals surface area contributed by atoms with Crippen molar-refractivity contribution >= 4 is 11.9 Å². The van der Waals surface area contributed by atoms with Crippen molar-refractivity contribution in [1.29, 1.82) is 0 Å². The number of carboxylic acids is 1. The lowest BCUT2D eigenvalue weighted by Crippen LogP contribution is -2.51. The van der Waals surface area contributed by atoms with Gasteiger partial charge in [0.25, 0.3) is 0 Å². The highest BCUT2D eigenvalue weighted by molar-refractivity contribution is 5.86. The number of tetrazole rings is 1. The van der Waals surface area contributed by atoms with E-state index in [1.807, 2.05) is 0 Å². The molecule has 0 spiro atoms. The molecule has 0 saturated heterocycles. The lowest BCUT2D eigenvalue weighted by atomic mass is 10.0. The van der Waals surface area contributed by atoms with Gasteiger partial charge < -0.3 is 10.0 Å². The van der Waals surface area contributed by atoms with E-state index < -0.39 is 11.5 Å². The monoisotopic (exact) mass is 227 g/mol. The molecule has 1 rings (SSSR count). The first-order valence-corrected chi connectivity index (χ1v) is 4.56. The summed E-state index contributed by atoms with van der Waals surface area (Å²) in [6.07, 6.45) is 1.29. The largest absolute Gasteiger partial charge is 0.480 e. The Morgan fingerprint density at radius 1 is 1.50 bits per heavy atom. The van der Waals surface area contributed by atoms with Gasteiger partial charge in [0.05, 0.1) is 0 Å². The Balaban J connectivity index is 2.71. The van der Waals surface area contributed by atoms with Crippen LogP contribution in [0, 0.1) is 0 Å². The Labute approximate surface area is 91.8 Å². The van der Waals surface area contributed by atoms with Gasteiger partial charge >= 0.3 is 5.97 Å². The van der Waals surface area contributed by atoms with Crippen LogP contribution in [-0.2, 0) is 16.1 Å². The van der Waals surface area contributed by atoms with Crippen molar-refractivity contribution in [2.75, 3.05) is 7.05 Å². The van der Waals surface area contributed by atoms with Crippen LogP contribution < -0.4 is 0 Å². The van der Waals surface area contributed by atoms with Crippen LogP contribution in [0.5, 0.6) is 0 Å². The standard InChI is InChI=1S/C8H13N5O3/c1-8(2,7(15)16)12(3)6(14)4-13-5-9-10-11-13/h5H,4H2,1-3H3,(H,15,16). The average Bonchev–Trinajstić information content (AvgIpc) is 2.68. The minimum atomic E-state index is -1.26. The molecule has 1 heterocycles. The Hall–Kier alpha value is -1.99. The third-order valence-electron chi connectivity index (χ3n) is 2.42. The lowest BCUT2D eigenvalue weighted by Gasteiger charge is -2.31. The first-order valence-electron chi connectivity index (χ1n) is 4.56. The van der Waals surface area contributed by atoms with E-state index in [9.17, 15) is 9.59 Å². The van der Waals surface area contributed by atoms with Gasteiger partial charge in [0.15, 0.2) is 0 Å². The quantitative estimate of drug-likeness (QED) is 0.707. The second-order valence-corrected chi connectivity index (χ2v) is 3.82. The topological polar surface area (TPSA) is 101 Å². The van der Waals surface area contributed by atoms with Crippen molar-refractivity contribution < 1.29 is 14.7 Å². The molecule has 1 amide bonds. The number of hydrogen-bond donors (Lipinski definition) is 1. The van der Waals surface area contributed by atoms with E-state index in [2.05, 4.69) is 15.5 Å². The SMILES string of the molecule is CN(C(=O)Cn1cnnn1)C(C)(C)C(=O)O. The zero-order chi connectivity index (χ0) is 12.3. The Kier molecular flexibility index (Phi) is 3.21. The summed E-state index contributed by atoms with van der Waals surface area (Å²) in [5.74, 6) is -1.44. The molecule has 0 atom stereocenters. The number of carboxylic acid groups (broad SMARTS) is 1. The second-order valence-electron chi connectivity index (χ2n) is 3.82. The van der Waals surface area contributed by atoms with E-state index >= 15 is 0 Å². The maximum Gasteiger partial charge on any atom is 0.329 e. The minimum absolute atomic E-state index is 0.0831. The third kappa shape index (κ3) is 2.33. The van der Waals surface area contributed by atoms with Crippen molar-refractivity contribution in [3.05, 3.63) is 6.33 Å². The summed E-state index contributed by atoms with van der Waals surface area (Å²) in [6, 6.07) is 0. The predicted molar refractivity (Wildman–Crippen MR) is 52.3 cm³/mol. The zero-order valence-electron chi connectivity index (χ0n) is 9.28. The van der Waals surface area contributed by atoms with Gasteiger partial charge in [-0.3, -0.25) is 4.79 Å². The molecule has 1 N–H and O–H groups in total. The zero-order valence-corrected chi connectivity index (χ0v) is 9.28. The first-order chi connectivity index (χ1) is 7.35. The molecule has 88 valence electrons. The van der Waals surface area contributed by atoms with Gasteiger partial charge in [-0.05, 0) is 24.3 Å². The summed E-state index contributed by atoms with van der Waals surface area (Å²) < 4.78 is 1.23. The Bertz CT molecular complexity index is 386. The molecular formula is C8H13N5O3. The number of carbonyl (C=O) groups excluding carboxylic acids is 1. The number of aromatic nitrogens is 4. The fraction of sp³-hybridized carbons (Fsp3) is 0.625. The van der Waals surface area contributed by atoms with Crippen LogP contribution in [0.1, 0.15) is 13.8 Å². The van der Waals surface area contributed by atoms with Crippen LogP contribution in [0.15, 0.2) is 6.33 Å². The molecule has 8 heteroatoms. The van der Waals surface area contributed by atoms with Crippen LogP contribution in [0.4, 0.5) is 0 Å². The van der Waals surface area contributed by atoms with Crippen molar-refractivity contribution in [2.24, 2.45) is 0 Å². The molecule has 0 aliphatic carbocycles. The molecule has 16 heavy (non-hydrogen) atoms. The maximum atomic E-state index is 11.7. The molecule has 0 fully saturated rings. The van der Waals surface area contributed by atoms with Crippen LogP contribution >= 0.6 is 0 Å². The lowest BCUT2D eigenvalue weighted by molar-refractivity contribution is -0.155. The van der Waals surface area contributed by atoms with Gasteiger partial charge in [0.2, 0.25) is 5.91 Å². The van der Waals surface area contributed by atoms with Gasteiger partial charge in [0, 0.05) is 7.05 Å². The van der Waals surface area contributed by atoms with Crippen molar-refractivity contribution in [3.8, 4) is 0 Å². The van der Waals surface area contributed by atoms with Gasteiger partial charge in [-0.25, -0.2) is 9.48 Å². The fourth-order valence-electron chi connectivity index (χ4n) is 0.953. The second kappa shape index (κ2) is 4.25. The number of nitrogens with zero attached hydrogens (tertiary/aromatic N) is 5. The van der Waals surface area contributed by atoms with Gasteiger partial charge in [-0.15, -0.1) is 5.10 Å². The highest BCUT2D eigenvalue weighted by Gasteiger charge is 2.35. The Morgan fingerprint density at radius 2 is 2.12 bits per heavy atom. The third-order valence-corrected chi connectivity index (χ3v) is 2.42. The first kappa shape index (κ1) is 12.1. The Morgan fingerprint density at radius 3 is 2.56 bits per heavy atom. The summed E-state index contributed by atoms with van der Waals surface area (Å²) in [5.41, 5.74) is -1.26. The van der Waals surface area contributed by atoms with Crippen molar-refractivity contribution in [1.82, 2.24) is 25.1 Å². The number of amides is 1. The average molecular weight is 227 g/mol. The van der Waals surface area contributed by atoms with E-state index in [1.54, 1.807) is 0 Å². The van der Waals surface area contributed by atoms with E-state index in [4.69, 9.17) is 5.11 Å². The van der Waals surface area contributed by atoms with E-state index in [-0.39, 0.29) is 12.5 Å². The molecule has 0 aliphatic rings. The maximum absolute atomic E-state index is 11.7. The van der Waals surface area contributed by atoms with E-state index in [0.29, 0.717) is 0 Å². The van der Waals surface area contributed by atoms with Crippen molar-refractivity contribution in [3.63, 3.8) is 0 Å². The predicted octanol–water partition coefficient (Wildman–Crippen LogP) is -1.01. The van der Waals surface area contributed by atoms with Crippen LogP contribution in [-0.4, -0.2) is 54.7 Å². The molecular weight excluding hydrogens is 214 g/mol. The molecule has 1 aromatic rings. The summed E-state index contributed by atoms with van der Waals surface area (Å²) in [7, 11) is 1.43. The fourth-order valence-corrected chi connectivity index (χ4v) is 0.953. The molecule has 0 bridgehead atoms. The van der Waals surface area contributed by atoms with Gasteiger partial charge in [-0.2, -0.15) is 0 Å². The number of likely N-dealkylation sites (N-methyl/N-ethyl adjacent to an activating group) is 1. The molecule has 0 aromatic carbocycles. The number of rotatable bonds is 4. The summed E-state index contributed by atoms with van der Waals surface area (Å²) in [5, 5.41) is 19.2. The van der Waals surface area contributed by atoms with E-state index in [1.165, 1.54) is 31.9 Å². The highest BCUT2D eigenvalue weighted by Crippen LogP contribution is 2.12. The summed E-state index contributed by atoms with van der Waals surface area (Å²) >= 11 is 0. The molecule has 8 nitrogen and oxygen atoms in total. The molecule has 0 unspecified atom stereocenters. The van der Waals surface area contributed by atoms with Gasteiger partial charge in [0.1, 0.15) is 18.4 Å². The number of carbonyl (C=O) groups is 2. The van der Waals surface area contributed by atoms with Gasteiger partial charge in [-0.1, -0.05) is 0 Å². The van der Waals surface area contributed by atoms with Crippen LogP contribution in [0.25, 0.3) is 0 Å². The molecule has 0 aliphatic heterocycles. The minimum Gasteiger partial charge on any atom is -0.480 e. The highest BCUT2D eigenvalue weighted by atomic mass is 16.4. The van der Waals surface area contributed by atoms with Crippen LogP contribution in [0.2, 0.25) is 0 Å². The smallest absolute Gasteiger partial charge is 0.329 e. The number of aliphatic carboxylic acids is 1. The van der Waals surface area contributed by atoms with Crippen LogP contribution in [0.3, 0.4) is 0 Å². The van der Waals surface area contributed by atoms with Crippen molar-refractivity contribution in [2.45, 2.75) is 25.9 Å². The molecule has 0 radical (unpaired) electrons. The molecule has 0 saturated carbocycles. The van der Waals surface area contributed by atoms with E-state index in [0.717, 1.165) is 4.90 Å². The number of hydrogen-bond acceptors (Lipinski definition) is 5. The summed E-state index contributed by atoms with van der Waals surface area (Å²) in [6.45, 7) is 2.82. The summed E-state index contributed by atoms with van der Waals surface area (Å²) in [4.78, 5) is 23.8.